The number of carbonyl (C=O) groups excluding carboxylic acids is 2. The van der Waals surface area contributed by atoms with Crippen LogP contribution in [0.5, 0.6) is 5.75 Å². The van der Waals surface area contributed by atoms with Crippen LogP contribution in [-0.2, 0) is 9.59 Å². The van der Waals surface area contributed by atoms with Gasteiger partial charge in [0.15, 0.2) is 6.61 Å². The van der Waals surface area contributed by atoms with Crippen molar-refractivity contribution in [2.75, 3.05) is 25.5 Å². The topological polar surface area (TPSA) is 115 Å². The van der Waals surface area contributed by atoms with Crippen LogP contribution in [0.1, 0.15) is 0 Å². The van der Waals surface area contributed by atoms with E-state index < -0.39 is 29.2 Å². The van der Waals surface area contributed by atoms with Crippen molar-refractivity contribution < 1.29 is 19.2 Å². The van der Waals surface area contributed by atoms with Gasteiger partial charge in [-0.05, 0) is 34.2 Å². The van der Waals surface area contributed by atoms with E-state index in [-0.39, 0.29) is 12.3 Å². The lowest BCUT2D eigenvalue weighted by Crippen LogP contribution is -2.37. The molecule has 0 radical (unpaired) electrons. The zero-order chi connectivity index (χ0) is 19.1. The first-order valence-electron chi connectivity index (χ1n) is 7.39. The van der Waals surface area contributed by atoms with E-state index in [9.17, 15) is 19.7 Å². The fourth-order valence-electron chi connectivity index (χ4n) is 1.94. The predicted octanol–water partition coefficient (Wildman–Crippen LogP) is 2.12. The third-order valence-electron chi connectivity index (χ3n) is 3.23. The first-order valence-corrected chi connectivity index (χ1v) is 7.77. The van der Waals surface area contributed by atoms with Crippen LogP contribution in [-0.4, -0.2) is 46.8 Å². The molecule has 1 N–H and O–H groups in total. The van der Waals surface area contributed by atoms with E-state index in [1.54, 1.807) is 24.3 Å². The number of nitrogens with one attached hydrogen (secondary N) is 1. The molecule has 0 aliphatic rings. The highest BCUT2D eigenvalue weighted by Gasteiger charge is 2.19. The van der Waals surface area contributed by atoms with Crippen molar-refractivity contribution >= 4 is 34.9 Å². The zero-order valence-corrected chi connectivity index (χ0v) is 14.5. The molecule has 10 heteroatoms. The molecule has 0 spiro atoms. The first kappa shape index (κ1) is 19.1. The summed E-state index contributed by atoms with van der Waals surface area (Å²) >= 11 is 5.95. The van der Waals surface area contributed by atoms with Crippen LogP contribution in [0.3, 0.4) is 0 Å². The number of nitro groups is 1. The number of rotatable bonds is 7. The van der Waals surface area contributed by atoms with Gasteiger partial charge in [-0.1, -0.05) is 23.7 Å². The van der Waals surface area contributed by atoms with Crippen molar-refractivity contribution in [3.63, 3.8) is 0 Å². The molecular formula is C16H15ClN4O5. The van der Waals surface area contributed by atoms with E-state index in [0.29, 0.717) is 10.7 Å². The number of hydrogen-bond donors (Lipinski definition) is 1. The lowest BCUT2D eigenvalue weighted by Gasteiger charge is -2.17. The number of amides is 2. The van der Waals surface area contributed by atoms with Gasteiger partial charge in [-0.25, -0.2) is 0 Å². The summed E-state index contributed by atoms with van der Waals surface area (Å²) in [6.07, 6.45) is 1.25. The lowest BCUT2D eigenvalue weighted by atomic mass is 10.3. The predicted molar refractivity (Wildman–Crippen MR) is 94.1 cm³/mol. The van der Waals surface area contributed by atoms with E-state index in [4.69, 9.17) is 16.3 Å². The number of aromatic nitrogens is 1. The summed E-state index contributed by atoms with van der Waals surface area (Å²) < 4.78 is 5.15. The minimum atomic E-state index is -0.708. The van der Waals surface area contributed by atoms with Gasteiger partial charge in [0.05, 0.1) is 17.3 Å². The molecular weight excluding hydrogens is 364 g/mol. The zero-order valence-electron chi connectivity index (χ0n) is 13.7. The quantitative estimate of drug-likeness (QED) is 0.583. The molecule has 0 unspecified atom stereocenters. The number of para-hydroxylation sites is 1. The van der Waals surface area contributed by atoms with E-state index in [0.717, 1.165) is 4.90 Å². The van der Waals surface area contributed by atoms with E-state index in [1.807, 2.05) is 0 Å². The van der Waals surface area contributed by atoms with Gasteiger partial charge in [-0.2, -0.15) is 0 Å². The minimum Gasteiger partial charge on any atom is -0.476 e. The Morgan fingerprint density at radius 2 is 2.04 bits per heavy atom. The van der Waals surface area contributed by atoms with E-state index >= 15 is 0 Å². The fourth-order valence-corrected chi connectivity index (χ4v) is 2.12. The van der Waals surface area contributed by atoms with Gasteiger partial charge in [0.2, 0.25) is 11.7 Å². The maximum absolute atomic E-state index is 12.1. The number of halogens is 1. The number of ether oxygens (including phenoxy) is 1. The monoisotopic (exact) mass is 378 g/mol. The molecule has 0 aliphatic heterocycles. The second kappa shape index (κ2) is 8.77. The first-order chi connectivity index (χ1) is 12.4. The highest BCUT2D eigenvalue weighted by Crippen LogP contribution is 2.23. The Balaban J connectivity index is 1.89. The smallest absolute Gasteiger partial charge is 0.406 e. The summed E-state index contributed by atoms with van der Waals surface area (Å²) in [6.45, 7) is -0.703. The SMILES string of the molecule is CN(CC(=O)Nc1ccccc1Cl)C(=O)COc1cccnc1[N+](=O)[O-]. The Hall–Kier alpha value is -3.20. The Kier molecular flexibility index (Phi) is 6.45. The van der Waals surface area contributed by atoms with Crippen LogP contribution in [0, 0.1) is 10.1 Å². The highest BCUT2D eigenvalue weighted by atomic mass is 35.5. The molecule has 0 atom stereocenters. The summed E-state index contributed by atoms with van der Waals surface area (Å²) in [6, 6.07) is 9.48. The molecule has 2 rings (SSSR count). The number of benzene rings is 1. The number of anilines is 1. The number of nitrogens with zero attached hydrogens (tertiary/aromatic N) is 3. The van der Waals surface area contributed by atoms with Crippen molar-refractivity contribution in [1.82, 2.24) is 9.88 Å². The molecule has 0 aliphatic carbocycles. The standard InChI is InChI=1S/C16H15ClN4O5/c1-20(9-14(22)19-12-6-3-2-5-11(12)17)15(23)10-26-13-7-4-8-18-16(13)21(24)25/h2-8H,9-10H2,1H3,(H,19,22). The number of hydrogen-bond acceptors (Lipinski definition) is 6. The summed E-state index contributed by atoms with van der Waals surface area (Å²) in [7, 11) is 1.41. The lowest BCUT2D eigenvalue weighted by molar-refractivity contribution is -0.390. The van der Waals surface area contributed by atoms with Crippen LogP contribution >= 0.6 is 11.6 Å². The van der Waals surface area contributed by atoms with Crippen molar-refractivity contribution in [3.05, 3.63) is 57.7 Å². The third kappa shape index (κ3) is 5.15. The summed E-state index contributed by atoms with van der Waals surface area (Å²) in [4.78, 5) is 38.9. The average molecular weight is 379 g/mol. The number of likely N-dealkylation sites (N-methyl/N-ethyl adjacent to an activating group) is 1. The van der Waals surface area contributed by atoms with Crippen LogP contribution in [0.15, 0.2) is 42.6 Å². The number of pyridine rings is 1. The molecule has 1 heterocycles. The van der Waals surface area contributed by atoms with Crippen LogP contribution in [0.4, 0.5) is 11.5 Å². The van der Waals surface area contributed by atoms with E-state index in [1.165, 1.54) is 25.4 Å². The fraction of sp³-hybridized carbons (Fsp3) is 0.188. The summed E-state index contributed by atoms with van der Waals surface area (Å²) in [5.74, 6) is -1.59. The molecule has 9 nitrogen and oxygen atoms in total. The van der Waals surface area contributed by atoms with Crippen molar-refractivity contribution in [1.29, 1.82) is 0 Å². The Morgan fingerprint density at radius 1 is 1.31 bits per heavy atom. The molecule has 1 aromatic carbocycles. The molecule has 26 heavy (non-hydrogen) atoms. The van der Waals surface area contributed by atoms with Gasteiger partial charge < -0.3 is 25.1 Å². The maximum Gasteiger partial charge on any atom is 0.406 e. The van der Waals surface area contributed by atoms with Crippen LogP contribution in [0.2, 0.25) is 5.02 Å². The van der Waals surface area contributed by atoms with E-state index in [2.05, 4.69) is 10.3 Å². The minimum absolute atomic E-state index is 0.125. The average Bonchev–Trinajstić information content (AvgIpc) is 2.61. The summed E-state index contributed by atoms with van der Waals surface area (Å²) in [5, 5.41) is 13.8. The Labute approximate surface area is 153 Å². The summed E-state index contributed by atoms with van der Waals surface area (Å²) in [5.41, 5.74) is 0.433. The molecule has 0 saturated heterocycles. The van der Waals surface area contributed by atoms with Gasteiger partial charge in [0, 0.05) is 7.05 Å². The largest absolute Gasteiger partial charge is 0.476 e. The molecule has 0 saturated carbocycles. The van der Waals surface area contributed by atoms with Gasteiger partial charge in [0.25, 0.3) is 5.91 Å². The Bertz CT molecular complexity index is 830. The molecule has 1 aromatic heterocycles. The Morgan fingerprint density at radius 3 is 2.73 bits per heavy atom. The van der Waals surface area contributed by atoms with Gasteiger partial charge in [-0.3, -0.25) is 9.59 Å². The van der Waals surface area contributed by atoms with Gasteiger partial charge in [-0.15, -0.1) is 0 Å². The second-order valence-electron chi connectivity index (χ2n) is 5.15. The van der Waals surface area contributed by atoms with Gasteiger partial charge >= 0.3 is 5.82 Å². The van der Waals surface area contributed by atoms with Crippen LogP contribution < -0.4 is 10.1 Å². The normalized spacial score (nSPS) is 10.1. The maximum atomic E-state index is 12.1. The molecule has 136 valence electrons. The second-order valence-corrected chi connectivity index (χ2v) is 5.56. The molecule has 0 fully saturated rings. The van der Waals surface area contributed by atoms with Crippen molar-refractivity contribution in [2.24, 2.45) is 0 Å². The molecule has 2 aromatic rings. The molecule has 0 bridgehead atoms. The van der Waals surface area contributed by atoms with Gasteiger partial charge in [0.1, 0.15) is 6.20 Å². The molecule has 2 amide bonds. The van der Waals surface area contributed by atoms with Crippen LogP contribution in [0.25, 0.3) is 0 Å². The van der Waals surface area contributed by atoms with Crippen molar-refractivity contribution in [3.8, 4) is 5.75 Å². The van der Waals surface area contributed by atoms with Crippen molar-refractivity contribution in [2.45, 2.75) is 0 Å². The highest BCUT2D eigenvalue weighted by molar-refractivity contribution is 6.33. The number of carbonyl (C=O) groups is 2. The third-order valence-corrected chi connectivity index (χ3v) is 3.56.